The maximum atomic E-state index is 12.8. The lowest BCUT2D eigenvalue weighted by atomic mass is 10.0. The second-order valence-corrected chi connectivity index (χ2v) is 6.17. The van der Waals surface area contributed by atoms with Crippen LogP contribution in [0.15, 0.2) is 18.2 Å². The van der Waals surface area contributed by atoms with Gasteiger partial charge in [-0.3, -0.25) is 9.59 Å². The van der Waals surface area contributed by atoms with Crippen molar-refractivity contribution < 1.29 is 14.3 Å². The summed E-state index contributed by atoms with van der Waals surface area (Å²) in [5.74, 6) is 0.717. The van der Waals surface area contributed by atoms with Crippen molar-refractivity contribution in [2.45, 2.75) is 40.5 Å². The summed E-state index contributed by atoms with van der Waals surface area (Å²) in [6, 6.07) is 5.27. The topological polar surface area (TPSA) is 49.9 Å². The maximum absolute atomic E-state index is 12.8. The fraction of sp³-hybridized carbons (Fsp3) is 0.600. The second kappa shape index (κ2) is 10.9. The molecule has 0 spiro atoms. The quantitative estimate of drug-likeness (QED) is 0.577. The first-order valence-corrected chi connectivity index (χ1v) is 9.14. The van der Waals surface area contributed by atoms with Gasteiger partial charge < -0.3 is 14.5 Å². The van der Waals surface area contributed by atoms with E-state index in [1.165, 1.54) is 6.92 Å². The van der Waals surface area contributed by atoms with Crippen LogP contribution in [0.5, 0.6) is 5.75 Å². The zero-order chi connectivity index (χ0) is 18.8. The fourth-order valence-electron chi connectivity index (χ4n) is 2.84. The molecule has 0 fully saturated rings. The van der Waals surface area contributed by atoms with Crippen LogP contribution < -0.4 is 4.74 Å². The van der Waals surface area contributed by atoms with E-state index in [0.29, 0.717) is 11.3 Å². The molecule has 0 unspecified atom stereocenters. The highest BCUT2D eigenvalue weighted by molar-refractivity contribution is 5.94. The smallest absolute Gasteiger partial charge is 0.227 e. The third kappa shape index (κ3) is 6.50. The van der Waals surface area contributed by atoms with Crippen molar-refractivity contribution in [3.63, 3.8) is 0 Å². The molecular formula is C20H32N2O3. The van der Waals surface area contributed by atoms with Gasteiger partial charge >= 0.3 is 0 Å². The van der Waals surface area contributed by atoms with E-state index in [-0.39, 0.29) is 18.1 Å². The summed E-state index contributed by atoms with van der Waals surface area (Å²) in [6.07, 6.45) is 1.18. The van der Waals surface area contributed by atoms with E-state index in [2.05, 4.69) is 25.7 Å². The lowest BCUT2D eigenvalue weighted by Gasteiger charge is -2.26. The van der Waals surface area contributed by atoms with Crippen molar-refractivity contribution in [3.8, 4) is 5.75 Å². The molecule has 0 heterocycles. The van der Waals surface area contributed by atoms with Crippen LogP contribution in [0.3, 0.4) is 0 Å². The second-order valence-electron chi connectivity index (χ2n) is 6.17. The molecular weight excluding hydrogens is 316 g/mol. The molecule has 1 aromatic carbocycles. The molecule has 0 N–H and O–H groups in total. The van der Waals surface area contributed by atoms with Crippen molar-refractivity contribution in [1.82, 2.24) is 9.80 Å². The summed E-state index contributed by atoms with van der Waals surface area (Å²) in [5, 5.41) is 0. The van der Waals surface area contributed by atoms with Gasteiger partial charge in [-0.1, -0.05) is 20.8 Å². The van der Waals surface area contributed by atoms with Crippen molar-refractivity contribution >= 4 is 11.7 Å². The number of nitrogens with zero attached hydrogens (tertiary/aromatic N) is 2. The summed E-state index contributed by atoms with van der Waals surface area (Å²) in [6.45, 7) is 12.2. The Bertz CT molecular complexity index is 568. The Morgan fingerprint density at radius 2 is 1.72 bits per heavy atom. The van der Waals surface area contributed by atoms with Crippen LogP contribution in [0, 0.1) is 0 Å². The minimum Gasteiger partial charge on any atom is -0.496 e. The minimum absolute atomic E-state index is 0.0108. The molecule has 0 atom stereocenters. The molecule has 5 nitrogen and oxygen atoms in total. The average Bonchev–Trinajstić information content (AvgIpc) is 2.61. The normalized spacial score (nSPS) is 10.8. The number of amides is 1. The van der Waals surface area contributed by atoms with Crippen molar-refractivity contribution in [1.29, 1.82) is 0 Å². The lowest BCUT2D eigenvalue weighted by Crippen LogP contribution is -2.39. The zero-order valence-electron chi connectivity index (χ0n) is 16.3. The summed E-state index contributed by atoms with van der Waals surface area (Å²) < 4.78 is 5.36. The third-order valence-corrected chi connectivity index (χ3v) is 4.46. The van der Waals surface area contributed by atoms with E-state index in [1.54, 1.807) is 25.3 Å². The number of ketones is 1. The number of benzene rings is 1. The third-order valence-electron chi connectivity index (χ3n) is 4.46. The zero-order valence-corrected chi connectivity index (χ0v) is 16.3. The highest BCUT2D eigenvalue weighted by atomic mass is 16.5. The van der Waals surface area contributed by atoms with Gasteiger partial charge in [-0.2, -0.15) is 0 Å². The van der Waals surface area contributed by atoms with Crippen molar-refractivity contribution in [2.75, 3.05) is 39.8 Å². The van der Waals surface area contributed by atoms with Crippen molar-refractivity contribution in [2.24, 2.45) is 0 Å². The number of rotatable bonds is 11. The molecule has 5 heteroatoms. The number of likely N-dealkylation sites (N-methyl/N-ethyl adjacent to an activating group) is 1. The number of carbonyl (C=O) groups is 2. The molecule has 0 aromatic heterocycles. The predicted octanol–water partition coefficient (Wildman–Crippen LogP) is 3.02. The number of hydrogen-bond donors (Lipinski definition) is 0. The number of hydrogen-bond acceptors (Lipinski definition) is 4. The van der Waals surface area contributed by atoms with E-state index in [1.807, 2.05) is 4.90 Å². The van der Waals surface area contributed by atoms with Gasteiger partial charge in [0, 0.05) is 30.8 Å². The largest absolute Gasteiger partial charge is 0.496 e. The van der Waals surface area contributed by atoms with Gasteiger partial charge in [0.05, 0.1) is 13.5 Å². The fourth-order valence-corrected chi connectivity index (χ4v) is 2.84. The Kier molecular flexibility index (Phi) is 9.21. The van der Waals surface area contributed by atoms with Crippen molar-refractivity contribution in [3.05, 3.63) is 29.3 Å². The summed E-state index contributed by atoms with van der Waals surface area (Å²) in [5.41, 5.74) is 1.37. The monoisotopic (exact) mass is 348 g/mol. The molecule has 1 aromatic rings. The molecule has 0 bridgehead atoms. The lowest BCUT2D eigenvalue weighted by molar-refractivity contribution is -0.130. The number of ether oxygens (including phenoxy) is 1. The van der Waals surface area contributed by atoms with Crippen LogP contribution in [-0.2, 0) is 11.2 Å². The van der Waals surface area contributed by atoms with Gasteiger partial charge in [-0.25, -0.2) is 0 Å². The molecule has 0 saturated heterocycles. The van der Waals surface area contributed by atoms with Gasteiger partial charge in [0.2, 0.25) is 5.91 Å². The molecule has 25 heavy (non-hydrogen) atoms. The van der Waals surface area contributed by atoms with Gasteiger partial charge in [0.25, 0.3) is 0 Å². The molecule has 0 aliphatic carbocycles. The van der Waals surface area contributed by atoms with E-state index >= 15 is 0 Å². The van der Waals surface area contributed by atoms with E-state index in [4.69, 9.17) is 4.74 Å². The predicted molar refractivity (Wildman–Crippen MR) is 101 cm³/mol. The highest BCUT2D eigenvalue weighted by Gasteiger charge is 2.17. The van der Waals surface area contributed by atoms with Crippen LogP contribution in [0.25, 0.3) is 0 Å². The van der Waals surface area contributed by atoms with Crippen LogP contribution >= 0.6 is 0 Å². The van der Waals surface area contributed by atoms with Gasteiger partial charge in [0.15, 0.2) is 5.78 Å². The number of carbonyl (C=O) groups excluding carboxylic acids is 2. The highest BCUT2D eigenvalue weighted by Crippen LogP contribution is 2.21. The molecule has 0 aliphatic rings. The Morgan fingerprint density at radius 3 is 2.24 bits per heavy atom. The van der Waals surface area contributed by atoms with Crippen LogP contribution in [0.4, 0.5) is 0 Å². The molecule has 0 aliphatic heterocycles. The Labute approximate surface area is 151 Å². The first-order valence-electron chi connectivity index (χ1n) is 9.14. The molecule has 0 saturated carbocycles. The molecule has 1 rings (SSSR count). The number of methoxy groups -OCH3 is 1. The Hall–Kier alpha value is -1.88. The number of Topliss-reactive ketones (excluding diaryl/α,β-unsaturated/α-hetero) is 1. The molecule has 0 radical (unpaired) electrons. The molecule has 1 amide bonds. The van der Waals surface area contributed by atoms with Crippen LogP contribution in [0.2, 0.25) is 0 Å². The minimum atomic E-state index is -0.0108. The Balaban J connectivity index is 2.88. The van der Waals surface area contributed by atoms with Gasteiger partial charge in [-0.15, -0.1) is 0 Å². The standard InChI is InChI=1S/C20H32N2O3/c1-6-11-22(13-12-21(7-2)8-3)20(24)15-18-14-17(16(4)23)9-10-19(18)25-5/h9-10,14H,6-8,11-13,15H2,1-5H3. The van der Waals surface area contributed by atoms with Gasteiger partial charge in [-0.05, 0) is 44.6 Å². The maximum Gasteiger partial charge on any atom is 0.227 e. The first kappa shape index (κ1) is 21.2. The Morgan fingerprint density at radius 1 is 1.04 bits per heavy atom. The summed E-state index contributed by atoms with van der Waals surface area (Å²) >= 11 is 0. The van der Waals surface area contributed by atoms with Crippen LogP contribution in [-0.4, -0.2) is 61.3 Å². The SMILES string of the molecule is CCCN(CCN(CC)CC)C(=O)Cc1cc(C(C)=O)ccc1OC. The van der Waals surface area contributed by atoms with E-state index in [0.717, 1.165) is 44.7 Å². The van der Waals surface area contributed by atoms with Crippen LogP contribution in [0.1, 0.15) is 50.0 Å². The van der Waals surface area contributed by atoms with E-state index in [9.17, 15) is 9.59 Å². The van der Waals surface area contributed by atoms with Gasteiger partial charge in [0.1, 0.15) is 5.75 Å². The van der Waals surface area contributed by atoms with E-state index < -0.39 is 0 Å². The first-order chi connectivity index (χ1) is 12.0. The molecule has 140 valence electrons. The summed E-state index contributed by atoms with van der Waals surface area (Å²) in [4.78, 5) is 28.7. The average molecular weight is 348 g/mol. The summed E-state index contributed by atoms with van der Waals surface area (Å²) in [7, 11) is 1.58.